The molecule has 0 saturated carbocycles. The second-order valence-corrected chi connectivity index (χ2v) is 4.72. The number of nitrogens with two attached hydrogens (primary N) is 1. The van der Waals surface area contributed by atoms with Crippen LogP contribution in [0.5, 0.6) is 0 Å². The Bertz CT molecular complexity index is 312. The van der Waals surface area contributed by atoms with Crippen LogP contribution in [-0.4, -0.2) is 13.2 Å². The van der Waals surface area contributed by atoms with Crippen molar-refractivity contribution in [3.8, 4) is 0 Å². The van der Waals surface area contributed by atoms with Crippen LogP contribution in [-0.2, 0) is 17.8 Å². The zero-order chi connectivity index (χ0) is 12.5. The fraction of sp³-hybridized carbons (Fsp3) is 0.600. The van der Waals surface area contributed by atoms with E-state index in [0.29, 0.717) is 19.1 Å². The fourth-order valence-electron chi connectivity index (χ4n) is 2.04. The molecule has 0 amide bonds. The normalized spacial score (nSPS) is 12.6. The molecule has 0 radical (unpaired) electrons. The van der Waals surface area contributed by atoms with Gasteiger partial charge in [0, 0.05) is 6.61 Å². The molecule has 0 aliphatic heterocycles. The van der Waals surface area contributed by atoms with Gasteiger partial charge in [-0.25, -0.2) is 0 Å². The Balaban J connectivity index is 2.40. The summed E-state index contributed by atoms with van der Waals surface area (Å²) in [4.78, 5) is 0. The molecule has 0 aliphatic rings. The van der Waals surface area contributed by atoms with Crippen molar-refractivity contribution in [2.75, 3.05) is 13.2 Å². The first kappa shape index (κ1) is 14.2. The molecule has 0 bridgehead atoms. The molecule has 1 atom stereocenters. The molecule has 0 saturated heterocycles. The summed E-state index contributed by atoms with van der Waals surface area (Å²) in [5, 5.41) is 0. The maximum atomic E-state index is 5.78. The van der Waals surface area contributed by atoms with Crippen LogP contribution in [0.25, 0.3) is 0 Å². The molecule has 0 aliphatic carbocycles. The first-order valence-electron chi connectivity index (χ1n) is 6.62. The quantitative estimate of drug-likeness (QED) is 0.751. The number of hydrogen-bond acceptors (Lipinski definition) is 2. The van der Waals surface area contributed by atoms with Crippen molar-refractivity contribution in [3.63, 3.8) is 0 Å². The predicted molar refractivity (Wildman–Crippen MR) is 72.9 cm³/mol. The highest BCUT2D eigenvalue weighted by Gasteiger charge is 2.03. The molecular formula is C15H25NO. The summed E-state index contributed by atoms with van der Waals surface area (Å²) in [5.41, 5.74) is 8.20. The third-order valence-electron chi connectivity index (χ3n) is 2.97. The fourth-order valence-corrected chi connectivity index (χ4v) is 2.04. The van der Waals surface area contributed by atoms with Crippen LogP contribution in [0.1, 0.15) is 37.8 Å². The molecule has 1 aromatic carbocycles. The third-order valence-corrected chi connectivity index (χ3v) is 2.97. The van der Waals surface area contributed by atoms with E-state index >= 15 is 0 Å². The van der Waals surface area contributed by atoms with Crippen LogP contribution in [0, 0.1) is 5.92 Å². The molecule has 2 heteroatoms. The van der Waals surface area contributed by atoms with Gasteiger partial charge in [-0.3, -0.25) is 0 Å². The minimum Gasteiger partial charge on any atom is -0.376 e. The van der Waals surface area contributed by atoms with Crippen molar-refractivity contribution in [1.82, 2.24) is 0 Å². The summed E-state index contributed by atoms with van der Waals surface area (Å²) in [5.74, 6) is 0.654. The second-order valence-electron chi connectivity index (χ2n) is 4.72. The first-order chi connectivity index (χ1) is 8.27. The van der Waals surface area contributed by atoms with Crippen LogP contribution >= 0.6 is 0 Å². The van der Waals surface area contributed by atoms with Crippen molar-refractivity contribution in [2.24, 2.45) is 11.7 Å². The second kappa shape index (κ2) is 8.26. The molecule has 0 aromatic heterocycles. The first-order valence-corrected chi connectivity index (χ1v) is 6.62. The van der Waals surface area contributed by atoms with Gasteiger partial charge in [0.25, 0.3) is 0 Å². The molecule has 2 nitrogen and oxygen atoms in total. The van der Waals surface area contributed by atoms with Crippen LogP contribution in [0.2, 0.25) is 0 Å². The van der Waals surface area contributed by atoms with Gasteiger partial charge in [0.05, 0.1) is 6.61 Å². The zero-order valence-corrected chi connectivity index (χ0v) is 11.1. The molecule has 0 heterocycles. The average molecular weight is 235 g/mol. The Hall–Kier alpha value is -0.860. The van der Waals surface area contributed by atoms with E-state index in [-0.39, 0.29) is 0 Å². The number of benzene rings is 1. The Morgan fingerprint density at radius 1 is 1.24 bits per heavy atom. The van der Waals surface area contributed by atoms with E-state index in [0.717, 1.165) is 13.0 Å². The summed E-state index contributed by atoms with van der Waals surface area (Å²) >= 11 is 0. The van der Waals surface area contributed by atoms with Gasteiger partial charge < -0.3 is 10.5 Å². The molecule has 0 fully saturated rings. The molecule has 0 spiro atoms. The van der Waals surface area contributed by atoms with Crippen molar-refractivity contribution in [1.29, 1.82) is 0 Å². The van der Waals surface area contributed by atoms with Crippen LogP contribution in [0.3, 0.4) is 0 Å². The van der Waals surface area contributed by atoms with E-state index in [1.165, 1.54) is 24.0 Å². The predicted octanol–water partition coefficient (Wildman–Crippen LogP) is 3.14. The summed E-state index contributed by atoms with van der Waals surface area (Å²) in [6.07, 6.45) is 3.41. The number of rotatable bonds is 8. The number of ether oxygens (including phenoxy) is 1. The standard InChI is InChI=1S/C15H25NO/c1-3-6-13(2)11-17-12-15-8-5-4-7-14(15)9-10-16/h4-5,7-8,13H,3,6,9-12,16H2,1-2H3. The maximum absolute atomic E-state index is 5.78. The molecular weight excluding hydrogens is 210 g/mol. The van der Waals surface area contributed by atoms with Gasteiger partial charge in [0.2, 0.25) is 0 Å². The molecule has 17 heavy (non-hydrogen) atoms. The van der Waals surface area contributed by atoms with Crippen molar-refractivity contribution in [2.45, 2.75) is 39.7 Å². The minimum absolute atomic E-state index is 0.654. The Morgan fingerprint density at radius 2 is 1.94 bits per heavy atom. The van der Waals surface area contributed by atoms with Gasteiger partial charge in [-0.15, -0.1) is 0 Å². The maximum Gasteiger partial charge on any atom is 0.0719 e. The van der Waals surface area contributed by atoms with Crippen LogP contribution in [0.15, 0.2) is 24.3 Å². The molecule has 96 valence electrons. The Kier molecular flexibility index (Phi) is 6.90. The summed E-state index contributed by atoms with van der Waals surface area (Å²) in [7, 11) is 0. The van der Waals surface area contributed by atoms with E-state index in [2.05, 4.69) is 38.1 Å². The minimum atomic E-state index is 0.654. The molecule has 1 unspecified atom stereocenters. The lowest BCUT2D eigenvalue weighted by Gasteiger charge is -2.13. The number of hydrogen-bond donors (Lipinski definition) is 1. The lowest BCUT2D eigenvalue weighted by molar-refractivity contribution is 0.0889. The average Bonchev–Trinajstić information content (AvgIpc) is 2.32. The SMILES string of the molecule is CCCC(C)COCc1ccccc1CCN. The van der Waals surface area contributed by atoms with E-state index < -0.39 is 0 Å². The summed E-state index contributed by atoms with van der Waals surface area (Å²) in [6.45, 7) is 6.72. The monoisotopic (exact) mass is 235 g/mol. The topological polar surface area (TPSA) is 35.2 Å². The molecule has 1 rings (SSSR count). The zero-order valence-electron chi connectivity index (χ0n) is 11.1. The van der Waals surface area contributed by atoms with Gasteiger partial charge in [-0.05, 0) is 36.4 Å². The van der Waals surface area contributed by atoms with Gasteiger partial charge >= 0.3 is 0 Å². The smallest absolute Gasteiger partial charge is 0.0719 e. The third kappa shape index (κ3) is 5.33. The highest BCUT2D eigenvalue weighted by Crippen LogP contribution is 2.12. The summed E-state index contributed by atoms with van der Waals surface area (Å²) < 4.78 is 5.78. The van der Waals surface area contributed by atoms with Crippen molar-refractivity contribution >= 4 is 0 Å². The highest BCUT2D eigenvalue weighted by molar-refractivity contribution is 5.26. The van der Waals surface area contributed by atoms with Gasteiger partial charge in [0.1, 0.15) is 0 Å². The molecule has 1 aromatic rings. The largest absolute Gasteiger partial charge is 0.376 e. The van der Waals surface area contributed by atoms with Crippen LogP contribution in [0.4, 0.5) is 0 Å². The van der Waals surface area contributed by atoms with E-state index in [1.807, 2.05) is 0 Å². The lowest BCUT2D eigenvalue weighted by atomic mass is 10.1. The van der Waals surface area contributed by atoms with Gasteiger partial charge in [0.15, 0.2) is 0 Å². The molecule has 2 N–H and O–H groups in total. The van der Waals surface area contributed by atoms with Gasteiger partial charge in [-0.2, -0.15) is 0 Å². The van der Waals surface area contributed by atoms with Crippen molar-refractivity contribution < 1.29 is 4.74 Å². The van der Waals surface area contributed by atoms with Crippen molar-refractivity contribution in [3.05, 3.63) is 35.4 Å². The van der Waals surface area contributed by atoms with E-state index in [4.69, 9.17) is 10.5 Å². The Labute approximate surface area is 105 Å². The van der Waals surface area contributed by atoms with Gasteiger partial charge in [-0.1, -0.05) is 44.5 Å². The lowest BCUT2D eigenvalue weighted by Crippen LogP contribution is -2.09. The summed E-state index contributed by atoms with van der Waals surface area (Å²) in [6, 6.07) is 8.40. The Morgan fingerprint density at radius 3 is 2.59 bits per heavy atom. The van der Waals surface area contributed by atoms with E-state index in [9.17, 15) is 0 Å². The van der Waals surface area contributed by atoms with E-state index in [1.54, 1.807) is 0 Å². The highest BCUT2D eigenvalue weighted by atomic mass is 16.5. The van der Waals surface area contributed by atoms with Crippen LogP contribution < -0.4 is 5.73 Å².